The third-order valence-corrected chi connectivity index (χ3v) is 4.07. The Labute approximate surface area is 168 Å². The molecule has 0 fully saturated rings. The topological polar surface area (TPSA) is 65.0 Å². The number of carboxylic acids is 1. The van der Waals surface area contributed by atoms with E-state index >= 15 is 0 Å². The average molecular weight is 413 g/mol. The Hall–Kier alpha value is -1.95. The van der Waals surface area contributed by atoms with E-state index in [2.05, 4.69) is 0 Å². The molecule has 0 spiro atoms. The first-order chi connectivity index (χ1) is 12.8. The zero-order chi connectivity index (χ0) is 19.8. The predicted octanol–water partition coefficient (Wildman–Crippen LogP) is 4.87. The van der Waals surface area contributed by atoms with Crippen molar-refractivity contribution in [2.45, 2.75) is 32.5 Å². The molecule has 0 aliphatic heterocycles. The lowest BCUT2D eigenvalue weighted by atomic mass is 10.1. The molecule has 1 N–H and O–H groups in total. The van der Waals surface area contributed by atoms with Crippen LogP contribution in [0.4, 0.5) is 0 Å². The molecule has 146 valence electrons. The molecule has 0 aliphatic rings. The van der Waals surface area contributed by atoms with Crippen LogP contribution in [-0.2, 0) is 16.0 Å². The first-order valence-electron chi connectivity index (χ1n) is 8.53. The van der Waals surface area contributed by atoms with E-state index in [1.807, 2.05) is 26.0 Å². The maximum absolute atomic E-state index is 11.3. The van der Waals surface area contributed by atoms with Crippen LogP contribution in [0.2, 0.25) is 10.0 Å². The molecule has 0 bridgehead atoms. The summed E-state index contributed by atoms with van der Waals surface area (Å²) in [6, 6.07) is 12.3. The minimum absolute atomic E-state index is 0.164. The van der Waals surface area contributed by atoms with Gasteiger partial charge in [-0.1, -0.05) is 35.3 Å². The summed E-state index contributed by atoms with van der Waals surface area (Å²) in [5.41, 5.74) is 0.821. The molecule has 0 radical (unpaired) electrons. The van der Waals surface area contributed by atoms with Crippen LogP contribution in [-0.4, -0.2) is 36.5 Å². The van der Waals surface area contributed by atoms with Crippen LogP contribution in [0.1, 0.15) is 19.4 Å². The van der Waals surface area contributed by atoms with E-state index in [9.17, 15) is 9.90 Å². The van der Waals surface area contributed by atoms with Crippen molar-refractivity contribution < 1.29 is 24.1 Å². The van der Waals surface area contributed by atoms with E-state index in [1.54, 1.807) is 30.3 Å². The third kappa shape index (κ3) is 7.29. The number of halogens is 2. The standard InChI is InChI=1S/C20H22Cl2O5/c1-13(2)27-19(20(23)24)11-14-4-3-5-16(10-14)25-8-9-26-18-7-6-15(21)12-17(18)22/h3-7,10,12-13,19H,8-9,11H2,1-2H3,(H,23,24). The SMILES string of the molecule is CC(C)OC(Cc1cccc(OCCOc2ccc(Cl)cc2Cl)c1)C(=O)O. The fourth-order valence-corrected chi connectivity index (χ4v) is 2.86. The number of carbonyl (C=O) groups is 1. The zero-order valence-corrected chi connectivity index (χ0v) is 16.7. The average Bonchev–Trinajstić information content (AvgIpc) is 2.59. The second-order valence-electron chi connectivity index (χ2n) is 6.13. The predicted molar refractivity (Wildman–Crippen MR) is 105 cm³/mol. The minimum Gasteiger partial charge on any atom is -0.490 e. The van der Waals surface area contributed by atoms with Gasteiger partial charge in [0.15, 0.2) is 6.10 Å². The number of rotatable bonds is 10. The molecule has 0 heterocycles. The maximum atomic E-state index is 11.3. The van der Waals surface area contributed by atoms with Gasteiger partial charge < -0.3 is 19.3 Å². The van der Waals surface area contributed by atoms with Gasteiger partial charge in [-0.3, -0.25) is 0 Å². The maximum Gasteiger partial charge on any atom is 0.333 e. The van der Waals surface area contributed by atoms with E-state index in [0.717, 1.165) is 5.56 Å². The number of aliphatic carboxylic acids is 1. The van der Waals surface area contributed by atoms with E-state index < -0.39 is 12.1 Å². The van der Waals surface area contributed by atoms with Crippen LogP contribution < -0.4 is 9.47 Å². The van der Waals surface area contributed by atoms with Gasteiger partial charge in [0, 0.05) is 11.4 Å². The number of hydrogen-bond donors (Lipinski definition) is 1. The van der Waals surface area contributed by atoms with Gasteiger partial charge in [-0.15, -0.1) is 0 Å². The molecular weight excluding hydrogens is 391 g/mol. The number of benzene rings is 2. The number of hydrogen-bond acceptors (Lipinski definition) is 4. The molecule has 0 aliphatic carbocycles. The van der Waals surface area contributed by atoms with Crippen molar-refractivity contribution in [1.29, 1.82) is 0 Å². The Morgan fingerprint density at radius 1 is 1.07 bits per heavy atom. The Balaban J connectivity index is 1.86. The number of carboxylic acid groups (broad SMARTS) is 1. The van der Waals surface area contributed by atoms with Crippen molar-refractivity contribution >= 4 is 29.2 Å². The highest BCUT2D eigenvalue weighted by Crippen LogP contribution is 2.27. The van der Waals surface area contributed by atoms with Crippen molar-refractivity contribution in [3.05, 3.63) is 58.1 Å². The summed E-state index contributed by atoms with van der Waals surface area (Å²) in [5.74, 6) is 0.184. The van der Waals surface area contributed by atoms with E-state index in [1.165, 1.54) is 0 Å². The summed E-state index contributed by atoms with van der Waals surface area (Å²) in [7, 11) is 0. The Morgan fingerprint density at radius 3 is 2.48 bits per heavy atom. The van der Waals surface area contributed by atoms with Gasteiger partial charge in [0.1, 0.15) is 24.7 Å². The monoisotopic (exact) mass is 412 g/mol. The van der Waals surface area contributed by atoms with Crippen molar-refractivity contribution in [2.75, 3.05) is 13.2 Å². The Kier molecular flexibility index (Phi) is 8.23. The molecule has 7 heteroatoms. The first-order valence-corrected chi connectivity index (χ1v) is 9.28. The van der Waals surface area contributed by atoms with Gasteiger partial charge in [-0.25, -0.2) is 4.79 Å². The van der Waals surface area contributed by atoms with Gasteiger partial charge in [-0.05, 0) is 49.7 Å². The molecule has 1 atom stereocenters. The molecule has 0 aromatic heterocycles. The Morgan fingerprint density at radius 2 is 1.81 bits per heavy atom. The summed E-state index contributed by atoms with van der Waals surface area (Å²) in [6.45, 7) is 4.23. The van der Waals surface area contributed by atoms with Crippen molar-refractivity contribution in [3.63, 3.8) is 0 Å². The summed E-state index contributed by atoms with van der Waals surface area (Å²) >= 11 is 11.9. The summed E-state index contributed by atoms with van der Waals surface area (Å²) in [4.78, 5) is 11.3. The van der Waals surface area contributed by atoms with Crippen LogP contribution in [0.25, 0.3) is 0 Å². The molecular formula is C20H22Cl2O5. The molecule has 0 amide bonds. The van der Waals surface area contributed by atoms with Crippen LogP contribution in [0, 0.1) is 0 Å². The Bertz CT molecular complexity index is 764. The van der Waals surface area contributed by atoms with E-state index in [4.69, 9.17) is 37.4 Å². The minimum atomic E-state index is -0.983. The second kappa shape index (κ2) is 10.4. The summed E-state index contributed by atoms with van der Waals surface area (Å²) in [6.07, 6.45) is -0.792. The largest absolute Gasteiger partial charge is 0.490 e. The normalized spacial score (nSPS) is 12.0. The molecule has 2 aromatic rings. The fourth-order valence-electron chi connectivity index (χ4n) is 2.40. The van der Waals surface area contributed by atoms with Gasteiger partial charge in [0.2, 0.25) is 0 Å². The third-order valence-electron chi connectivity index (χ3n) is 3.53. The molecule has 5 nitrogen and oxygen atoms in total. The highest BCUT2D eigenvalue weighted by atomic mass is 35.5. The van der Waals surface area contributed by atoms with Crippen LogP contribution in [0.15, 0.2) is 42.5 Å². The highest BCUT2D eigenvalue weighted by molar-refractivity contribution is 6.35. The van der Waals surface area contributed by atoms with Crippen LogP contribution in [0.5, 0.6) is 11.5 Å². The molecule has 0 saturated carbocycles. The highest BCUT2D eigenvalue weighted by Gasteiger charge is 2.20. The van der Waals surface area contributed by atoms with Crippen LogP contribution in [0.3, 0.4) is 0 Å². The zero-order valence-electron chi connectivity index (χ0n) is 15.2. The van der Waals surface area contributed by atoms with Crippen molar-refractivity contribution in [3.8, 4) is 11.5 Å². The lowest BCUT2D eigenvalue weighted by Crippen LogP contribution is -2.29. The molecule has 2 rings (SSSR count). The fraction of sp³-hybridized carbons (Fsp3) is 0.350. The van der Waals surface area contributed by atoms with Crippen molar-refractivity contribution in [2.24, 2.45) is 0 Å². The van der Waals surface area contributed by atoms with E-state index in [0.29, 0.717) is 34.8 Å². The van der Waals surface area contributed by atoms with E-state index in [-0.39, 0.29) is 12.5 Å². The lowest BCUT2D eigenvalue weighted by molar-refractivity contribution is -0.153. The van der Waals surface area contributed by atoms with Gasteiger partial charge in [0.05, 0.1) is 11.1 Å². The van der Waals surface area contributed by atoms with Gasteiger partial charge >= 0.3 is 5.97 Å². The molecule has 27 heavy (non-hydrogen) atoms. The smallest absolute Gasteiger partial charge is 0.333 e. The summed E-state index contributed by atoms with van der Waals surface area (Å²) < 4.78 is 16.7. The summed E-state index contributed by atoms with van der Waals surface area (Å²) in [5, 5.41) is 10.3. The molecule has 2 aromatic carbocycles. The first kappa shape index (κ1) is 21.4. The quantitative estimate of drug-likeness (QED) is 0.563. The number of ether oxygens (including phenoxy) is 3. The molecule has 1 unspecified atom stereocenters. The van der Waals surface area contributed by atoms with Gasteiger partial charge in [-0.2, -0.15) is 0 Å². The van der Waals surface area contributed by atoms with Gasteiger partial charge in [0.25, 0.3) is 0 Å². The lowest BCUT2D eigenvalue weighted by Gasteiger charge is -2.17. The second-order valence-corrected chi connectivity index (χ2v) is 6.98. The van der Waals surface area contributed by atoms with Crippen molar-refractivity contribution in [1.82, 2.24) is 0 Å². The van der Waals surface area contributed by atoms with Crippen LogP contribution >= 0.6 is 23.2 Å². The molecule has 0 saturated heterocycles.